The van der Waals surface area contributed by atoms with E-state index in [2.05, 4.69) is 4.98 Å². The number of carboxylic acid groups (broad SMARTS) is 1. The first-order chi connectivity index (χ1) is 18.8. The number of rotatable bonds is 12. The summed E-state index contributed by atoms with van der Waals surface area (Å²) in [4.78, 5) is 15.2. The fourth-order valence-electron chi connectivity index (χ4n) is 5.71. The lowest BCUT2D eigenvalue weighted by molar-refractivity contribution is -0.137. The van der Waals surface area contributed by atoms with E-state index in [-0.39, 0.29) is 24.2 Å². The molecule has 1 N–H and O–H groups in total. The van der Waals surface area contributed by atoms with Gasteiger partial charge in [-0.25, -0.2) is 13.8 Å². The molecular formula is C31H35F2NO5. The van der Waals surface area contributed by atoms with Crippen LogP contribution in [0.15, 0.2) is 48.7 Å². The van der Waals surface area contributed by atoms with Crippen LogP contribution < -0.4 is 9.47 Å². The number of benzene rings is 2. The molecule has 3 aromatic rings. The predicted octanol–water partition coefficient (Wildman–Crippen LogP) is 7.04. The highest BCUT2D eigenvalue weighted by atomic mass is 19.1. The van der Waals surface area contributed by atoms with E-state index in [1.54, 1.807) is 31.4 Å². The van der Waals surface area contributed by atoms with Crippen molar-refractivity contribution in [1.29, 1.82) is 0 Å². The minimum Gasteiger partial charge on any atom is -0.486 e. The van der Waals surface area contributed by atoms with Crippen molar-refractivity contribution in [2.75, 3.05) is 20.8 Å². The van der Waals surface area contributed by atoms with Crippen molar-refractivity contribution < 1.29 is 32.9 Å². The molecule has 2 aromatic carbocycles. The van der Waals surface area contributed by atoms with Crippen LogP contribution in [-0.4, -0.2) is 36.9 Å². The average Bonchev–Trinajstić information content (AvgIpc) is 3.41. The molecule has 8 heteroatoms. The Kier molecular flexibility index (Phi) is 9.17. The number of nitrogens with zero attached hydrogens (tertiary/aromatic N) is 1. The molecule has 39 heavy (non-hydrogen) atoms. The van der Waals surface area contributed by atoms with E-state index in [9.17, 15) is 9.90 Å². The zero-order valence-electron chi connectivity index (χ0n) is 22.6. The molecule has 1 aliphatic carbocycles. The first kappa shape index (κ1) is 28.5. The van der Waals surface area contributed by atoms with Crippen molar-refractivity contribution in [3.8, 4) is 22.8 Å². The van der Waals surface area contributed by atoms with Gasteiger partial charge < -0.3 is 19.3 Å². The van der Waals surface area contributed by atoms with Crippen molar-refractivity contribution >= 4 is 5.97 Å². The fraction of sp³-hybridized carbons (Fsp3) is 0.419. The van der Waals surface area contributed by atoms with Gasteiger partial charge in [-0.2, -0.15) is 0 Å². The molecule has 0 spiro atoms. The predicted molar refractivity (Wildman–Crippen MR) is 144 cm³/mol. The smallest absolute Gasteiger partial charge is 0.303 e. The molecule has 0 radical (unpaired) electrons. The van der Waals surface area contributed by atoms with Crippen molar-refractivity contribution in [3.05, 3.63) is 77.0 Å². The summed E-state index contributed by atoms with van der Waals surface area (Å²) in [6.45, 7) is 2.42. The van der Waals surface area contributed by atoms with E-state index in [4.69, 9.17) is 14.2 Å². The topological polar surface area (TPSA) is 77.9 Å². The van der Waals surface area contributed by atoms with E-state index in [0.29, 0.717) is 30.0 Å². The molecule has 1 aliphatic rings. The Balaban J connectivity index is 1.70. The third-order valence-corrected chi connectivity index (χ3v) is 7.71. The molecule has 1 aromatic heterocycles. The van der Waals surface area contributed by atoms with Crippen molar-refractivity contribution in [2.24, 2.45) is 0 Å². The highest BCUT2D eigenvalue weighted by molar-refractivity contribution is 5.71. The first-order valence-electron chi connectivity index (χ1n) is 13.3. The maximum Gasteiger partial charge on any atom is 0.303 e. The van der Waals surface area contributed by atoms with Gasteiger partial charge in [-0.15, -0.1) is 0 Å². The number of aliphatic carboxylic acids is 1. The van der Waals surface area contributed by atoms with Crippen molar-refractivity contribution in [2.45, 2.75) is 63.4 Å². The molecule has 1 atom stereocenters. The molecule has 1 fully saturated rings. The van der Waals surface area contributed by atoms with Gasteiger partial charge in [0.25, 0.3) is 0 Å². The van der Waals surface area contributed by atoms with Crippen LogP contribution in [0.3, 0.4) is 0 Å². The summed E-state index contributed by atoms with van der Waals surface area (Å²) in [5.41, 5.74) is 2.94. The summed E-state index contributed by atoms with van der Waals surface area (Å²) in [5.74, 6) is -2.02. The van der Waals surface area contributed by atoms with Crippen LogP contribution in [0.2, 0.25) is 0 Å². The Hall–Kier alpha value is -3.52. The number of methoxy groups -OCH3 is 2. The van der Waals surface area contributed by atoms with Gasteiger partial charge in [0.1, 0.15) is 12.4 Å². The van der Waals surface area contributed by atoms with E-state index < -0.39 is 23.5 Å². The summed E-state index contributed by atoms with van der Waals surface area (Å²) < 4.78 is 47.2. The van der Waals surface area contributed by atoms with Gasteiger partial charge >= 0.3 is 5.97 Å². The summed E-state index contributed by atoms with van der Waals surface area (Å²) in [7, 11) is 3.17. The lowest BCUT2D eigenvalue weighted by Gasteiger charge is -2.32. The number of ether oxygens (including phenoxy) is 3. The summed E-state index contributed by atoms with van der Waals surface area (Å²) >= 11 is 0. The third kappa shape index (κ3) is 6.22. The SMILES string of the molecule is CC[C@@H](CC(=O)O)c1cccc(OCc2ccc(-c3cc(OC)ncc3F)c(C3(COC)CCCC3)c2)c1F. The number of carbonyl (C=O) groups is 1. The summed E-state index contributed by atoms with van der Waals surface area (Å²) in [6, 6.07) is 12.2. The van der Waals surface area contributed by atoms with Gasteiger partial charge in [-0.3, -0.25) is 4.79 Å². The number of hydrogen-bond acceptors (Lipinski definition) is 5. The monoisotopic (exact) mass is 539 g/mol. The molecule has 6 nitrogen and oxygen atoms in total. The third-order valence-electron chi connectivity index (χ3n) is 7.71. The van der Waals surface area contributed by atoms with Gasteiger partial charge in [0.05, 0.1) is 26.3 Å². The molecule has 0 amide bonds. The van der Waals surface area contributed by atoms with E-state index >= 15 is 8.78 Å². The highest BCUT2D eigenvalue weighted by Gasteiger charge is 2.38. The quantitative estimate of drug-likeness (QED) is 0.266. The van der Waals surface area contributed by atoms with Crippen LogP contribution >= 0.6 is 0 Å². The van der Waals surface area contributed by atoms with Gasteiger partial charge in [0, 0.05) is 24.2 Å². The Bertz CT molecular complexity index is 1310. The van der Waals surface area contributed by atoms with E-state index in [1.807, 2.05) is 25.1 Å². The van der Waals surface area contributed by atoms with Crippen LogP contribution in [-0.2, 0) is 21.6 Å². The van der Waals surface area contributed by atoms with Crippen molar-refractivity contribution in [3.63, 3.8) is 0 Å². The van der Waals surface area contributed by atoms with Crippen LogP contribution in [0.25, 0.3) is 11.1 Å². The van der Waals surface area contributed by atoms with Gasteiger partial charge in [0.15, 0.2) is 11.6 Å². The lowest BCUT2D eigenvalue weighted by Crippen LogP contribution is -2.29. The molecule has 1 saturated carbocycles. The maximum absolute atomic E-state index is 15.4. The second-order valence-corrected chi connectivity index (χ2v) is 10.2. The minimum absolute atomic E-state index is 0.0688. The zero-order chi connectivity index (χ0) is 28.0. The number of pyridine rings is 1. The normalized spacial score (nSPS) is 15.2. The fourth-order valence-corrected chi connectivity index (χ4v) is 5.71. The Morgan fingerprint density at radius 2 is 1.87 bits per heavy atom. The van der Waals surface area contributed by atoms with Gasteiger partial charge in [0.2, 0.25) is 5.88 Å². The largest absolute Gasteiger partial charge is 0.486 e. The second-order valence-electron chi connectivity index (χ2n) is 10.2. The van der Waals surface area contributed by atoms with E-state index in [1.165, 1.54) is 7.11 Å². The minimum atomic E-state index is -0.972. The molecule has 0 bridgehead atoms. The Labute approximate surface area is 227 Å². The van der Waals surface area contributed by atoms with Gasteiger partial charge in [-0.05, 0) is 53.5 Å². The molecule has 0 unspecified atom stereocenters. The lowest BCUT2D eigenvalue weighted by atomic mass is 9.75. The van der Waals surface area contributed by atoms with Crippen LogP contribution in [0.4, 0.5) is 8.78 Å². The Morgan fingerprint density at radius 3 is 2.54 bits per heavy atom. The van der Waals surface area contributed by atoms with Gasteiger partial charge in [-0.1, -0.05) is 50.1 Å². The number of aromatic nitrogens is 1. The number of carboxylic acids is 1. The van der Waals surface area contributed by atoms with E-state index in [0.717, 1.165) is 48.6 Å². The van der Waals surface area contributed by atoms with Crippen LogP contribution in [0.1, 0.15) is 68.1 Å². The van der Waals surface area contributed by atoms with Crippen LogP contribution in [0.5, 0.6) is 11.6 Å². The summed E-state index contributed by atoms with van der Waals surface area (Å²) in [5, 5.41) is 9.22. The average molecular weight is 540 g/mol. The number of hydrogen-bond donors (Lipinski definition) is 1. The molecule has 1 heterocycles. The molecule has 208 valence electrons. The highest BCUT2D eigenvalue weighted by Crippen LogP contribution is 2.46. The number of halogens is 2. The second kappa shape index (κ2) is 12.6. The first-order valence-corrected chi connectivity index (χ1v) is 13.3. The molecule has 4 rings (SSSR count). The molecule has 0 aliphatic heterocycles. The molecule has 0 saturated heterocycles. The zero-order valence-corrected chi connectivity index (χ0v) is 22.6. The molecular weight excluding hydrogens is 504 g/mol. The standard InChI is InChI=1S/C31H35F2NO5/c1-4-21(15-29(35)36)22-8-7-9-27(30(22)33)39-18-20-10-11-23(24-16-28(38-3)34-17-26(24)32)25(14-20)31(19-37-2)12-5-6-13-31/h7-11,14,16-17,21H,4-6,12-13,15,18-19H2,1-3H3,(H,35,36)/t21-/m0/s1. The van der Waals surface area contributed by atoms with Crippen molar-refractivity contribution in [1.82, 2.24) is 4.98 Å². The summed E-state index contributed by atoms with van der Waals surface area (Å²) in [6.07, 6.45) is 5.39. The maximum atomic E-state index is 15.4. The Morgan fingerprint density at radius 1 is 1.10 bits per heavy atom. The van der Waals surface area contributed by atoms with Crippen LogP contribution in [0, 0.1) is 11.6 Å².